The Labute approximate surface area is 224 Å². The first kappa shape index (κ1) is 29.9. The van der Waals surface area contributed by atoms with Gasteiger partial charge in [-0.2, -0.15) is 0 Å². The molecule has 2 unspecified atom stereocenters. The van der Waals surface area contributed by atoms with Crippen LogP contribution in [0.5, 0.6) is 5.75 Å². The van der Waals surface area contributed by atoms with Crippen molar-refractivity contribution < 1.29 is 22.7 Å². The second-order valence-electron chi connectivity index (χ2n) is 10.6. The minimum atomic E-state index is -3.57. The van der Waals surface area contributed by atoms with Crippen LogP contribution in [0.3, 0.4) is 0 Å². The highest BCUT2D eigenvalue weighted by Crippen LogP contribution is 2.35. The van der Waals surface area contributed by atoms with Crippen LogP contribution < -0.4 is 4.74 Å². The zero-order chi connectivity index (χ0) is 27.0. The number of nitrogens with zero attached hydrogens (tertiary/aromatic N) is 3. The van der Waals surface area contributed by atoms with Gasteiger partial charge in [0, 0.05) is 26.2 Å². The first-order chi connectivity index (χ1) is 17.7. The van der Waals surface area contributed by atoms with Gasteiger partial charge >= 0.3 is 0 Å². The van der Waals surface area contributed by atoms with E-state index in [1.807, 2.05) is 18.7 Å². The molecule has 1 saturated carbocycles. The lowest BCUT2D eigenvalue weighted by Crippen LogP contribution is -2.49. The van der Waals surface area contributed by atoms with Crippen molar-refractivity contribution in [1.29, 1.82) is 0 Å². The predicted octanol–water partition coefficient (Wildman–Crippen LogP) is 3.29. The second kappa shape index (κ2) is 13.9. The van der Waals surface area contributed by atoms with Crippen LogP contribution in [0.2, 0.25) is 0 Å². The van der Waals surface area contributed by atoms with Crippen molar-refractivity contribution in [1.82, 2.24) is 14.7 Å². The Kier molecular flexibility index (Phi) is 11.2. The van der Waals surface area contributed by atoms with Crippen LogP contribution in [0.4, 0.5) is 0 Å². The van der Waals surface area contributed by atoms with Crippen LogP contribution in [-0.2, 0) is 19.4 Å². The second-order valence-corrected chi connectivity index (χ2v) is 12.7. The molecule has 2 atom stereocenters. The lowest BCUT2D eigenvalue weighted by Gasteiger charge is -2.35. The number of benzene rings is 1. The number of hydrogen-bond donors (Lipinski definition) is 0. The smallest absolute Gasteiger partial charge is 0.224 e. The summed E-state index contributed by atoms with van der Waals surface area (Å²) in [5.41, 5.74) is 1.40. The molecule has 1 amide bonds. The minimum absolute atomic E-state index is 0.0995. The number of piperazine rings is 1. The first-order valence-corrected chi connectivity index (χ1v) is 15.4. The van der Waals surface area contributed by atoms with E-state index >= 15 is 0 Å². The molecular formula is C28H47N3O5S. The fourth-order valence-electron chi connectivity index (χ4n) is 5.64. The van der Waals surface area contributed by atoms with Crippen molar-refractivity contribution in [2.45, 2.75) is 75.5 Å². The van der Waals surface area contributed by atoms with Gasteiger partial charge in [0.05, 0.1) is 36.4 Å². The molecule has 3 rings (SSSR count). The van der Waals surface area contributed by atoms with Crippen molar-refractivity contribution in [2.24, 2.45) is 0 Å². The number of rotatable bonds is 12. The lowest BCUT2D eigenvalue weighted by atomic mass is 9.97. The molecule has 0 aromatic heterocycles. The number of carbonyl (C=O) groups excluding carboxylic acids is 1. The van der Waals surface area contributed by atoms with Crippen molar-refractivity contribution in [3.8, 4) is 5.75 Å². The number of amides is 1. The highest BCUT2D eigenvalue weighted by Gasteiger charge is 2.39. The fourth-order valence-corrected chi connectivity index (χ4v) is 8.05. The Morgan fingerprint density at radius 1 is 1.08 bits per heavy atom. The third-order valence-electron chi connectivity index (χ3n) is 7.92. The molecule has 2 fully saturated rings. The third-order valence-corrected chi connectivity index (χ3v) is 10.5. The van der Waals surface area contributed by atoms with Gasteiger partial charge in [0.25, 0.3) is 0 Å². The largest absolute Gasteiger partial charge is 0.497 e. The van der Waals surface area contributed by atoms with Crippen LogP contribution in [0, 0.1) is 13.8 Å². The van der Waals surface area contributed by atoms with Gasteiger partial charge in [-0.05, 0) is 83.1 Å². The Hall–Kier alpha value is -1.68. The zero-order valence-electron chi connectivity index (χ0n) is 23.5. The number of ether oxygens (including phenoxy) is 2. The van der Waals surface area contributed by atoms with E-state index in [1.165, 1.54) is 0 Å². The topological polar surface area (TPSA) is 79.4 Å². The molecule has 8 nitrogen and oxygen atoms in total. The van der Waals surface area contributed by atoms with Gasteiger partial charge in [-0.1, -0.05) is 19.8 Å². The van der Waals surface area contributed by atoms with Crippen molar-refractivity contribution in [2.75, 3.05) is 66.6 Å². The van der Waals surface area contributed by atoms with Crippen LogP contribution in [0.25, 0.3) is 0 Å². The fraction of sp³-hybridized carbons (Fsp3) is 0.750. The molecule has 0 spiro atoms. The number of methoxy groups -OCH3 is 1. The van der Waals surface area contributed by atoms with E-state index in [1.54, 1.807) is 19.2 Å². The number of sulfone groups is 1. The normalized spacial score (nSPS) is 21.4. The monoisotopic (exact) mass is 537 g/mol. The van der Waals surface area contributed by atoms with Gasteiger partial charge in [0.1, 0.15) is 5.75 Å². The minimum Gasteiger partial charge on any atom is -0.497 e. The summed E-state index contributed by atoms with van der Waals surface area (Å²) < 4.78 is 38.9. The van der Waals surface area contributed by atoms with E-state index in [0.717, 1.165) is 65.1 Å². The summed E-state index contributed by atoms with van der Waals surface area (Å²) in [7, 11) is 0.155. The van der Waals surface area contributed by atoms with Crippen molar-refractivity contribution in [3.05, 3.63) is 23.3 Å². The highest BCUT2D eigenvalue weighted by molar-refractivity contribution is 7.92. The maximum Gasteiger partial charge on any atom is 0.224 e. The van der Waals surface area contributed by atoms with Crippen LogP contribution in [0.15, 0.2) is 17.0 Å². The average Bonchev–Trinajstić information content (AvgIpc) is 2.88. The van der Waals surface area contributed by atoms with E-state index in [0.29, 0.717) is 41.0 Å². The Morgan fingerprint density at radius 3 is 2.35 bits per heavy atom. The maximum atomic E-state index is 13.7. The molecule has 1 saturated heterocycles. The molecule has 1 aromatic rings. The number of hydrogen-bond acceptors (Lipinski definition) is 7. The average molecular weight is 538 g/mol. The Morgan fingerprint density at radius 2 is 1.73 bits per heavy atom. The van der Waals surface area contributed by atoms with Gasteiger partial charge in [-0.25, -0.2) is 8.42 Å². The van der Waals surface area contributed by atoms with E-state index < -0.39 is 15.1 Å². The quantitative estimate of drug-likeness (QED) is 0.405. The summed E-state index contributed by atoms with van der Waals surface area (Å²) in [4.78, 5) is 19.9. The summed E-state index contributed by atoms with van der Waals surface area (Å²) in [5.74, 6) is 0.760. The molecule has 0 radical (unpaired) electrons. The SMILES string of the molecule is CCN(C)CCCN1CCN(C(=O)CCOC2CCCCC2S(=O)(=O)c2c(C)cc(OC)cc2C)CC1. The van der Waals surface area contributed by atoms with Gasteiger partial charge in [-0.15, -0.1) is 0 Å². The van der Waals surface area contributed by atoms with Crippen molar-refractivity contribution >= 4 is 15.7 Å². The Bertz CT molecular complexity index is 969. The summed E-state index contributed by atoms with van der Waals surface area (Å²) in [6.45, 7) is 12.6. The third kappa shape index (κ3) is 7.91. The van der Waals surface area contributed by atoms with E-state index in [4.69, 9.17) is 9.47 Å². The molecule has 1 heterocycles. The van der Waals surface area contributed by atoms with Crippen LogP contribution in [-0.4, -0.2) is 107 Å². The van der Waals surface area contributed by atoms with Crippen LogP contribution >= 0.6 is 0 Å². The molecule has 9 heteroatoms. The molecule has 0 N–H and O–H groups in total. The summed E-state index contributed by atoms with van der Waals surface area (Å²) in [5, 5.41) is -0.586. The van der Waals surface area contributed by atoms with E-state index in [9.17, 15) is 13.2 Å². The van der Waals surface area contributed by atoms with Gasteiger partial charge < -0.3 is 19.3 Å². The molecule has 210 valence electrons. The van der Waals surface area contributed by atoms with Crippen LogP contribution in [0.1, 0.15) is 56.6 Å². The molecule has 1 aromatic carbocycles. The number of carbonyl (C=O) groups is 1. The molecule has 1 aliphatic carbocycles. The molecular weight excluding hydrogens is 490 g/mol. The van der Waals surface area contributed by atoms with Crippen molar-refractivity contribution in [3.63, 3.8) is 0 Å². The number of aryl methyl sites for hydroxylation is 2. The summed E-state index contributed by atoms with van der Waals surface area (Å²) in [6.07, 6.45) is 4.17. The zero-order valence-corrected chi connectivity index (χ0v) is 24.3. The highest BCUT2D eigenvalue weighted by atomic mass is 32.2. The standard InChI is InChI=1S/C28H47N3O5S/c1-6-29(4)13-9-14-30-15-17-31(18-16-30)27(32)12-19-36-25-10-7-8-11-26(25)37(33,34)28-22(2)20-24(35-5)21-23(28)3/h20-21,25-26H,6-19H2,1-5H3. The summed E-state index contributed by atoms with van der Waals surface area (Å²) in [6, 6.07) is 3.56. The van der Waals surface area contributed by atoms with E-state index in [2.05, 4.69) is 23.8 Å². The van der Waals surface area contributed by atoms with E-state index in [-0.39, 0.29) is 18.6 Å². The molecule has 37 heavy (non-hydrogen) atoms. The molecule has 2 aliphatic rings. The molecule has 0 bridgehead atoms. The maximum absolute atomic E-state index is 13.7. The Balaban J connectivity index is 1.51. The predicted molar refractivity (Wildman–Crippen MR) is 147 cm³/mol. The lowest BCUT2D eigenvalue weighted by molar-refractivity contribution is -0.134. The van der Waals surface area contributed by atoms with Gasteiger partial charge in [0.2, 0.25) is 5.91 Å². The summed E-state index contributed by atoms with van der Waals surface area (Å²) >= 11 is 0. The van der Waals surface area contributed by atoms with Gasteiger partial charge in [-0.3, -0.25) is 9.69 Å². The van der Waals surface area contributed by atoms with Gasteiger partial charge in [0.15, 0.2) is 9.84 Å². The first-order valence-electron chi connectivity index (χ1n) is 13.9. The molecule has 1 aliphatic heterocycles.